The van der Waals surface area contributed by atoms with Gasteiger partial charge in [0.25, 0.3) is 0 Å². The van der Waals surface area contributed by atoms with Gasteiger partial charge in [-0.05, 0) is 46.1 Å². The summed E-state index contributed by atoms with van der Waals surface area (Å²) in [6, 6.07) is 17.6. The van der Waals surface area contributed by atoms with Crippen LogP contribution >= 0.6 is 15.9 Å². The number of fused-ring (bicyclic) bond motifs is 1. The summed E-state index contributed by atoms with van der Waals surface area (Å²) in [6.45, 7) is 4.70. The summed E-state index contributed by atoms with van der Waals surface area (Å²) >= 11 is 3.60. The number of alkyl halides is 1. The van der Waals surface area contributed by atoms with Crippen LogP contribution in [-0.2, 0) is 11.8 Å². The molecular weight excluding hydrogens is 320 g/mol. The van der Waals surface area contributed by atoms with Gasteiger partial charge in [0.1, 0.15) is 0 Å². The lowest BCUT2D eigenvalue weighted by atomic mass is 9.71. The summed E-state index contributed by atoms with van der Waals surface area (Å²) in [7, 11) is 0. The second-order valence-corrected chi connectivity index (χ2v) is 7.14. The zero-order chi connectivity index (χ0) is 14.9. The molecule has 0 amide bonds. The lowest BCUT2D eigenvalue weighted by Crippen LogP contribution is -2.23. The van der Waals surface area contributed by atoms with E-state index in [4.69, 9.17) is 0 Å². The molecule has 3 rings (SSSR count). The Morgan fingerprint density at radius 3 is 2.48 bits per heavy atom. The van der Waals surface area contributed by atoms with Crippen LogP contribution in [0.1, 0.15) is 42.5 Å². The fraction of sp³-hybridized carbons (Fsp3) is 0.300. The summed E-state index contributed by atoms with van der Waals surface area (Å²) in [5, 5.41) is 1.01. The number of aryl methyl sites for hydroxylation is 1. The maximum Gasteiger partial charge on any atom is 0.00720 e. The van der Waals surface area contributed by atoms with Crippen molar-refractivity contribution in [3.8, 4) is 0 Å². The molecule has 2 aromatic carbocycles. The average Bonchev–Trinajstić information content (AvgIpc) is 2.49. The van der Waals surface area contributed by atoms with Crippen LogP contribution < -0.4 is 0 Å². The Kier molecular flexibility index (Phi) is 4.03. The van der Waals surface area contributed by atoms with E-state index in [1.54, 1.807) is 0 Å². The summed E-state index contributed by atoms with van der Waals surface area (Å²) in [5.41, 5.74) is 7.35. The smallest absolute Gasteiger partial charge is 0.00720 e. The highest BCUT2D eigenvalue weighted by atomic mass is 79.9. The molecule has 0 fully saturated rings. The van der Waals surface area contributed by atoms with Crippen molar-refractivity contribution in [2.45, 2.75) is 32.1 Å². The topological polar surface area (TPSA) is 0 Å². The van der Waals surface area contributed by atoms with Gasteiger partial charge in [0, 0.05) is 5.33 Å². The van der Waals surface area contributed by atoms with Crippen molar-refractivity contribution in [2.24, 2.45) is 0 Å². The molecule has 0 saturated heterocycles. The quantitative estimate of drug-likeness (QED) is 0.625. The van der Waals surface area contributed by atoms with Gasteiger partial charge < -0.3 is 0 Å². The Hall–Kier alpha value is -1.34. The Morgan fingerprint density at radius 2 is 1.76 bits per heavy atom. The minimum atomic E-state index is 0.218. The summed E-state index contributed by atoms with van der Waals surface area (Å²) in [6.07, 6.45) is 4.60. The molecule has 1 aliphatic carbocycles. The second kappa shape index (κ2) is 5.81. The minimum absolute atomic E-state index is 0.218. The number of allylic oxidation sites excluding steroid dienone is 1. The fourth-order valence-corrected chi connectivity index (χ4v) is 3.67. The first-order valence-electron chi connectivity index (χ1n) is 7.58. The van der Waals surface area contributed by atoms with E-state index in [1.807, 2.05) is 0 Å². The van der Waals surface area contributed by atoms with Crippen molar-refractivity contribution in [1.29, 1.82) is 0 Å². The first kappa shape index (κ1) is 14.6. The highest BCUT2D eigenvalue weighted by Crippen LogP contribution is 2.42. The zero-order valence-electron chi connectivity index (χ0n) is 12.7. The third kappa shape index (κ3) is 2.72. The predicted molar refractivity (Wildman–Crippen MR) is 95.1 cm³/mol. The van der Waals surface area contributed by atoms with Crippen LogP contribution in [0.25, 0.3) is 5.57 Å². The van der Waals surface area contributed by atoms with Crippen molar-refractivity contribution >= 4 is 21.5 Å². The monoisotopic (exact) mass is 340 g/mol. The molecule has 2 aromatic rings. The van der Waals surface area contributed by atoms with Crippen molar-refractivity contribution in [2.75, 3.05) is 5.33 Å². The van der Waals surface area contributed by atoms with Gasteiger partial charge in [-0.25, -0.2) is 0 Å². The molecule has 0 saturated carbocycles. The molecule has 0 atom stereocenters. The third-order valence-electron chi connectivity index (χ3n) is 4.41. The van der Waals surface area contributed by atoms with Gasteiger partial charge in [-0.1, -0.05) is 84.4 Å². The first-order valence-corrected chi connectivity index (χ1v) is 8.70. The maximum atomic E-state index is 3.60. The van der Waals surface area contributed by atoms with Gasteiger partial charge in [-0.2, -0.15) is 0 Å². The van der Waals surface area contributed by atoms with Gasteiger partial charge >= 0.3 is 0 Å². The van der Waals surface area contributed by atoms with Crippen molar-refractivity contribution in [3.05, 3.63) is 76.9 Å². The molecule has 0 radical (unpaired) electrons. The lowest BCUT2D eigenvalue weighted by molar-refractivity contribution is 0.526. The van der Waals surface area contributed by atoms with Crippen molar-refractivity contribution < 1.29 is 0 Å². The number of hydrogen-bond donors (Lipinski definition) is 0. The van der Waals surface area contributed by atoms with Gasteiger partial charge in [0.2, 0.25) is 0 Å². The molecule has 1 aliphatic rings. The van der Waals surface area contributed by atoms with Crippen LogP contribution in [0.2, 0.25) is 0 Å². The van der Waals surface area contributed by atoms with E-state index in [9.17, 15) is 0 Å². The Bertz CT molecular complexity index is 665. The number of benzene rings is 2. The van der Waals surface area contributed by atoms with Crippen LogP contribution in [-0.4, -0.2) is 5.33 Å². The van der Waals surface area contributed by atoms with Crippen LogP contribution in [0, 0.1) is 0 Å². The molecule has 21 heavy (non-hydrogen) atoms. The van der Waals surface area contributed by atoms with E-state index in [0.29, 0.717) is 0 Å². The molecule has 0 nitrogen and oxygen atoms in total. The highest BCUT2D eigenvalue weighted by Gasteiger charge is 2.29. The summed E-state index contributed by atoms with van der Waals surface area (Å²) < 4.78 is 0. The Morgan fingerprint density at radius 1 is 1.00 bits per heavy atom. The highest BCUT2D eigenvalue weighted by molar-refractivity contribution is 9.09. The molecule has 0 aromatic heterocycles. The second-order valence-electron chi connectivity index (χ2n) is 6.35. The van der Waals surface area contributed by atoms with E-state index >= 15 is 0 Å². The van der Waals surface area contributed by atoms with Crippen LogP contribution in [0.5, 0.6) is 0 Å². The van der Waals surface area contributed by atoms with Crippen molar-refractivity contribution in [3.63, 3.8) is 0 Å². The molecule has 1 heteroatoms. The van der Waals surface area contributed by atoms with Gasteiger partial charge in [-0.3, -0.25) is 0 Å². The van der Waals surface area contributed by atoms with E-state index in [1.165, 1.54) is 27.8 Å². The van der Waals surface area contributed by atoms with Gasteiger partial charge in [0.15, 0.2) is 0 Å². The predicted octanol–water partition coefficient (Wildman–Crippen LogP) is 5.74. The summed E-state index contributed by atoms with van der Waals surface area (Å²) in [5.74, 6) is 0. The molecule has 108 valence electrons. The van der Waals surface area contributed by atoms with E-state index in [0.717, 1.165) is 18.2 Å². The lowest BCUT2D eigenvalue weighted by Gasteiger charge is -2.33. The first-order chi connectivity index (χ1) is 10.1. The van der Waals surface area contributed by atoms with Gasteiger partial charge in [-0.15, -0.1) is 0 Å². The number of hydrogen-bond acceptors (Lipinski definition) is 0. The van der Waals surface area contributed by atoms with E-state index < -0.39 is 0 Å². The normalized spacial score (nSPS) is 16.2. The average molecular weight is 341 g/mol. The molecule has 0 unspecified atom stereocenters. The van der Waals surface area contributed by atoms with Crippen LogP contribution in [0.4, 0.5) is 0 Å². The van der Waals surface area contributed by atoms with Crippen molar-refractivity contribution in [1.82, 2.24) is 0 Å². The SMILES string of the molecule is CC1(C)CC=C(c2ccccc2)c2c(CCBr)cccc21. The van der Waals surface area contributed by atoms with E-state index in [2.05, 4.69) is 84.4 Å². The largest absolute Gasteiger partial charge is 0.0924 e. The minimum Gasteiger partial charge on any atom is -0.0924 e. The molecule has 0 bridgehead atoms. The summed E-state index contributed by atoms with van der Waals surface area (Å²) in [4.78, 5) is 0. The number of rotatable bonds is 3. The standard InChI is InChI=1S/C20H21Br/c1-20(2)13-11-17(15-7-4-3-5-8-15)19-16(12-14-21)9-6-10-18(19)20/h3-11H,12-14H2,1-2H3. The molecule has 0 spiro atoms. The molecule has 0 heterocycles. The molecule has 0 aliphatic heterocycles. The van der Waals surface area contributed by atoms with Gasteiger partial charge in [0.05, 0.1) is 0 Å². The van der Waals surface area contributed by atoms with Crippen LogP contribution in [0.15, 0.2) is 54.6 Å². The Balaban J connectivity index is 2.21. The number of halogens is 1. The van der Waals surface area contributed by atoms with Crippen LogP contribution in [0.3, 0.4) is 0 Å². The fourth-order valence-electron chi connectivity index (χ4n) is 3.24. The zero-order valence-corrected chi connectivity index (χ0v) is 14.3. The maximum absolute atomic E-state index is 3.60. The van der Waals surface area contributed by atoms with E-state index in [-0.39, 0.29) is 5.41 Å². The molecule has 0 N–H and O–H groups in total. The third-order valence-corrected chi connectivity index (χ3v) is 4.81. The molecular formula is C20H21Br. The Labute approximate surface area is 136 Å².